The number of hydrogen-bond acceptors (Lipinski definition) is 3. The minimum Gasteiger partial charge on any atom is -0.235 e. The van der Waals surface area contributed by atoms with Crippen molar-refractivity contribution in [3.63, 3.8) is 0 Å². The Kier molecular flexibility index (Phi) is 2.93. The lowest BCUT2D eigenvalue weighted by Gasteiger charge is -2.00. The summed E-state index contributed by atoms with van der Waals surface area (Å²) in [4.78, 5) is 8.85. The highest BCUT2D eigenvalue weighted by molar-refractivity contribution is 7.22. The van der Waals surface area contributed by atoms with Gasteiger partial charge in [0.1, 0.15) is 17.3 Å². The third kappa shape index (κ3) is 1.86. The van der Waals surface area contributed by atoms with E-state index in [0.717, 1.165) is 15.1 Å². The molecule has 1 aromatic carbocycles. The molecule has 3 rings (SSSR count). The van der Waals surface area contributed by atoms with Crippen molar-refractivity contribution in [1.82, 2.24) is 9.97 Å². The number of thiophene rings is 1. The minimum absolute atomic E-state index is 0.105. The Morgan fingerprint density at radius 1 is 1.17 bits per heavy atom. The van der Waals surface area contributed by atoms with Crippen LogP contribution in [0.4, 0.5) is 4.39 Å². The first-order valence-electron chi connectivity index (χ1n) is 5.01. The van der Waals surface area contributed by atoms with Crippen LogP contribution in [0.15, 0.2) is 30.6 Å². The normalized spacial score (nSPS) is 11.1. The van der Waals surface area contributed by atoms with E-state index in [1.807, 2.05) is 6.07 Å². The van der Waals surface area contributed by atoms with E-state index in [0.29, 0.717) is 10.7 Å². The fraction of sp³-hybridized carbons (Fsp3) is 0. The Morgan fingerprint density at radius 2 is 2.00 bits per heavy atom. The van der Waals surface area contributed by atoms with Gasteiger partial charge in [-0.1, -0.05) is 35.3 Å². The number of nitrogens with zero attached hydrogens (tertiary/aromatic N) is 2. The summed E-state index contributed by atoms with van der Waals surface area (Å²) in [5, 5.41) is 0.497. The number of halogens is 3. The van der Waals surface area contributed by atoms with Crippen LogP contribution in [-0.2, 0) is 0 Å². The molecule has 2 nitrogen and oxygen atoms in total. The average Bonchev–Trinajstić information content (AvgIpc) is 2.78. The maximum atomic E-state index is 13.4. The number of hydrogen-bond donors (Lipinski definition) is 0. The number of rotatable bonds is 1. The molecule has 90 valence electrons. The molecule has 0 amide bonds. The molecule has 0 aliphatic heterocycles. The molecule has 0 aliphatic rings. The summed E-state index contributed by atoms with van der Waals surface area (Å²) in [7, 11) is 0. The lowest BCUT2D eigenvalue weighted by atomic mass is 10.2. The van der Waals surface area contributed by atoms with Crippen molar-refractivity contribution in [3.05, 3.63) is 46.6 Å². The fourth-order valence-electron chi connectivity index (χ4n) is 1.65. The predicted octanol–water partition coefficient (Wildman–Crippen LogP) is 4.80. The number of benzene rings is 1. The van der Waals surface area contributed by atoms with E-state index in [-0.39, 0.29) is 5.02 Å². The Bertz CT molecular complexity index is 742. The molecule has 0 spiro atoms. The SMILES string of the molecule is Fc1cccc(-c2cc3ncnc(Cl)c3s2)c1Cl. The second kappa shape index (κ2) is 4.46. The Morgan fingerprint density at radius 3 is 2.78 bits per heavy atom. The third-order valence-electron chi connectivity index (χ3n) is 2.48. The topological polar surface area (TPSA) is 25.8 Å². The maximum absolute atomic E-state index is 13.4. The Labute approximate surface area is 116 Å². The van der Waals surface area contributed by atoms with Crippen LogP contribution in [0.3, 0.4) is 0 Å². The molecule has 0 N–H and O–H groups in total. The van der Waals surface area contributed by atoms with Crippen molar-refractivity contribution < 1.29 is 4.39 Å². The van der Waals surface area contributed by atoms with Gasteiger partial charge in [-0.3, -0.25) is 0 Å². The van der Waals surface area contributed by atoms with Crippen molar-refractivity contribution in [3.8, 4) is 10.4 Å². The fourth-order valence-corrected chi connectivity index (χ4v) is 3.22. The first-order chi connectivity index (χ1) is 8.66. The van der Waals surface area contributed by atoms with E-state index in [2.05, 4.69) is 9.97 Å². The second-order valence-electron chi connectivity index (χ2n) is 3.59. The van der Waals surface area contributed by atoms with Gasteiger partial charge in [0, 0.05) is 10.4 Å². The van der Waals surface area contributed by atoms with E-state index >= 15 is 0 Å². The van der Waals surface area contributed by atoms with Crippen LogP contribution >= 0.6 is 34.5 Å². The van der Waals surface area contributed by atoms with Crippen molar-refractivity contribution in [2.24, 2.45) is 0 Å². The molecule has 3 aromatic rings. The standard InChI is InChI=1S/C12H5Cl2FN2S/c13-10-6(2-1-3-7(10)15)9-4-8-11(18-9)12(14)17-5-16-8/h1-5H. The summed E-state index contributed by atoms with van der Waals surface area (Å²) >= 11 is 13.3. The number of aromatic nitrogens is 2. The molecule has 0 saturated heterocycles. The van der Waals surface area contributed by atoms with Gasteiger partial charge in [0.25, 0.3) is 0 Å². The van der Waals surface area contributed by atoms with Crippen molar-refractivity contribution in [2.45, 2.75) is 0 Å². The van der Waals surface area contributed by atoms with E-state index < -0.39 is 5.82 Å². The zero-order valence-electron chi connectivity index (χ0n) is 8.82. The van der Waals surface area contributed by atoms with E-state index in [1.54, 1.807) is 12.1 Å². The van der Waals surface area contributed by atoms with Gasteiger partial charge in [0.2, 0.25) is 0 Å². The summed E-state index contributed by atoms with van der Waals surface area (Å²) < 4.78 is 14.2. The zero-order chi connectivity index (χ0) is 12.7. The molecule has 0 aliphatic carbocycles. The van der Waals surface area contributed by atoms with Gasteiger partial charge >= 0.3 is 0 Å². The molecule has 6 heteroatoms. The monoisotopic (exact) mass is 298 g/mol. The molecular formula is C12H5Cl2FN2S. The minimum atomic E-state index is -0.441. The van der Waals surface area contributed by atoms with Crippen molar-refractivity contribution >= 4 is 44.8 Å². The van der Waals surface area contributed by atoms with Gasteiger partial charge < -0.3 is 0 Å². The maximum Gasteiger partial charge on any atom is 0.150 e. The van der Waals surface area contributed by atoms with Crippen LogP contribution in [0.25, 0.3) is 20.7 Å². The summed E-state index contributed by atoms with van der Waals surface area (Å²) in [5.41, 5.74) is 1.37. The summed E-state index contributed by atoms with van der Waals surface area (Å²) in [6, 6.07) is 6.53. The van der Waals surface area contributed by atoms with Crippen LogP contribution in [0, 0.1) is 5.82 Å². The van der Waals surface area contributed by atoms with Gasteiger partial charge in [0.05, 0.1) is 15.2 Å². The van der Waals surface area contributed by atoms with E-state index in [9.17, 15) is 4.39 Å². The van der Waals surface area contributed by atoms with Gasteiger partial charge in [-0.2, -0.15) is 0 Å². The van der Waals surface area contributed by atoms with Crippen molar-refractivity contribution in [1.29, 1.82) is 0 Å². The van der Waals surface area contributed by atoms with Crippen LogP contribution in [0.2, 0.25) is 10.2 Å². The Hall–Kier alpha value is -1.23. The molecular weight excluding hydrogens is 294 g/mol. The molecule has 0 bridgehead atoms. The molecule has 0 fully saturated rings. The quantitative estimate of drug-likeness (QED) is 0.603. The highest BCUT2D eigenvalue weighted by Gasteiger charge is 2.13. The van der Waals surface area contributed by atoms with Crippen LogP contribution in [0.1, 0.15) is 0 Å². The van der Waals surface area contributed by atoms with Crippen LogP contribution in [0.5, 0.6) is 0 Å². The number of fused-ring (bicyclic) bond motifs is 1. The lowest BCUT2D eigenvalue weighted by molar-refractivity contribution is 0.629. The first kappa shape index (κ1) is 11.8. The molecule has 2 aromatic heterocycles. The molecule has 2 heterocycles. The zero-order valence-corrected chi connectivity index (χ0v) is 11.2. The second-order valence-corrected chi connectivity index (χ2v) is 5.38. The summed E-state index contributed by atoms with van der Waals surface area (Å²) in [5.74, 6) is -0.441. The summed E-state index contributed by atoms with van der Waals surface area (Å²) in [6.45, 7) is 0. The molecule has 0 saturated carbocycles. The predicted molar refractivity (Wildman–Crippen MR) is 72.8 cm³/mol. The van der Waals surface area contributed by atoms with Crippen LogP contribution < -0.4 is 0 Å². The van der Waals surface area contributed by atoms with Crippen LogP contribution in [-0.4, -0.2) is 9.97 Å². The first-order valence-corrected chi connectivity index (χ1v) is 6.58. The highest BCUT2D eigenvalue weighted by Crippen LogP contribution is 2.38. The molecule has 0 unspecified atom stereocenters. The third-order valence-corrected chi connectivity index (χ3v) is 4.43. The highest BCUT2D eigenvalue weighted by atomic mass is 35.5. The molecule has 0 atom stereocenters. The molecule has 18 heavy (non-hydrogen) atoms. The largest absolute Gasteiger partial charge is 0.235 e. The van der Waals surface area contributed by atoms with Gasteiger partial charge in [-0.05, 0) is 12.1 Å². The summed E-state index contributed by atoms with van der Waals surface area (Å²) in [6.07, 6.45) is 1.40. The van der Waals surface area contributed by atoms with E-state index in [4.69, 9.17) is 23.2 Å². The lowest BCUT2D eigenvalue weighted by Crippen LogP contribution is -1.80. The van der Waals surface area contributed by atoms with Gasteiger partial charge in [-0.25, -0.2) is 14.4 Å². The van der Waals surface area contributed by atoms with Gasteiger partial charge in [0.15, 0.2) is 0 Å². The molecule has 0 radical (unpaired) electrons. The average molecular weight is 299 g/mol. The van der Waals surface area contributed by atoms with E-state index in [1.165, 1.54) is 23.7 Å². The van der Waals surface area contributed by atoms with Crippen molar-refractivity contribution in [2.75, 3.05) is 0 Å². The Balaban J connectivity index is 2.26. The van der Waals surface area contributed by atoms with Gasteiger partial charge in [-0.15, -0.1) is 11.3 Å². The smallest absolute Gasteiger partial charge is 0.150 e.